The topological polar surface area (TPSA) is 71.2 Å². The molecule has 134 valence electrons. The zero-order valence-corrected chi connectivity index (χ0v) is 16.0. The lowest BCUT2D eigenvalue weighted by atomic mass is 9.91. The molecule has 0 fully saturated rings. The van der Waals surface area contributed by atoms with Gasteiger partial charge in [0.1, 0.15) is 13.1 Å². The van der Waals surface area contributed by atoms with Gasteiger partial charge >= 0.3 is 14.8 Å². The molecule has 0 amide bonds. The van der Waals surface area contributed by atoms with E-state index in [0.717, 1.165) is 32.1 Å². The summed E-state index contributed by atoms with van der Waals surface area (Å²) < 4.78 is 18.4. The molecule has 1 rings (SSSR count). The quantitative estimate of drug-likeness (QED) is 0.448. The molecule has 1 aliphatic heterocycles. The van der Waals surface area contributed by atoms with Crippen LogP contribution >= 0.6 is 0 Å². The van der Waals surface area contributed by atoms with Crippen molar-refractivity contribution in [1.29, 1.82) is 0 Å². The summed E-state index contributed by atoms with van der Waals surface area (Å²) in [7, 11) is 2.33. The lowest BCUT2D eigenvalue weighted by Crippen LogP contribution is -2.52. The van der Waals surface area contributed by atoms with Gasteiger partial charge in [0, 0.05) is 27.4 Å². The number of carbonyl (C=O) groups is 1. The molecule has 0 aromatic carbocycles. The monoisotopic (exact) mass is 347 g/mol. The highest BCUT2D eigenvalue weighted by molar-refractivity contribution is 6.60. The molecule has 0 saturated heterocycles. The third-order valence-corrected chi connectivity index (χ3v) is 7.74. The largest absolute Gasteiger partial charge is 0.500 e. The fourth-order valence-electron chi connectivity index (χ4n) is 3.18. The number of rotatable bonds is 11. The first-order chi connectivity index (χ1) is 10.9. The maximum Gasteiger partial charge on any atom is 0.500 e. The average Bonchev–Trinajstić information content (AvgIpc) is 3.03. The zero-order valence-electron chi connectivity index (χ0n) is 15.0. The summed E-state index contributed by atoms with van der Waals surface area (Å²) in [4.78, 5) is 13.7. The molecule has 0 unspecified atom stereocenters. The smallest absolute Gasteiger partial charge is 0.478 e. The Morgan fingerprint density at radius 2 is 1.83 bits per heavy atom. The highest BCUT2D eigenvalue weighted by Gasteiger charge is 2.47. The molecule has 0 aliphatic carbocycles. The molecule has 1 aliphatic rings. The summed E-state index contributed by atoms with van der Waals surface area (Å²) in [5.41, 5.74) is -0.793. The molecule has 0 spiro atoms. The molecule has 0 aromatic heterocycles. The number of carboxylic acids is 1. The first-order valence-electron chi connectivity index (χ1n) is 8.18. The summed E-state index contributed by atoms with van der Waals surface area (Å²) in [6.45, 7) is 6.30. The lowest BCUT2D eigenvalue weighted by Gasteiger charge is -2.29. The Morgan fingerprint density at radius 1 is 1.26 bits per heavy atom. The number of hydrogen-bond donors (Lipinski definition) is 1. The Bertz CT molecular complexity index is 414. The third kappa shape index (κ3) is 4.31. The Morgan fingerprint density at radius 3 is 2.26 bits per heavy atom. The summed E-state index contributed by atoms with van der Waals surface area (Å²) in [5.74, 6) is -0.745. The summed E-state index contributed by atoms with van der Waals surface area (Å²) in [6.07, 6.45) is 4.04. The average molecular weight is 348 g/mol. The normalized spacial score (nSPS) is 15.9. The van der Waals surface area contributed by atoms with Crippen molar-refractivity contribution in [3.8, 4) is 0 Å². The van der Waals surface area contributed by atoms with E-state index in [1.54, 1.807) is 21.3 Å². The highest BCUT2D eigenvalue weighted by Crippen LogP contribution is 2.25. The van der Waals surface area contributed by atoms with Gasteiger partial charge in [-0.15, -0.1) is 0 Å². The van der Waals surface area contributed by atoms with Gasteiger partial charge in [-0.25, -0.2) is 9.69 Å². The second-order valence-corrected chi connectivity index (χ2v) is 8.88. The van der Waals surface area contributed by atoms with Crippen LogP contribution < -0.4 is 0 Å². The molecule has 0 bridgehead atoms. The summed E-state index contributed by atoms with van der Waals surface area (Å²) >= 11 is 0. The second-order valence-electron chi connectivity index (χ2n) is 5.79. The SMILES string of the molecule is CCC(CC)(C(=O)O)N1C=[N+](CCC[Si](OC)(OC)OC)CC1. The van der Waals surface area contributed by atoms with E-state index in [0.29, 0.717) is 12.8 Å². The van der Waals surface area contributed by atoms with Crippen LogP contribution in [-0.4, -0.2) is 82.2 Å². The van der Waals surface area contributed by atoms with E-state index in [-0.39, 0.29) is 0 Å². The highest BCUT2D eigenvalue weighted by atomic mass is 28.4. The fraction of sp³-hybridized carbons (Fsp3) is 0.867. The van der Waals surface area contributed by atoms with Crippen molar-refractivity contribution in [2.45, 2.75) is 44.7 Å². The standard InChI is InChI=1S/C15H30N2O5Si/c1-6-15(7-2,14(18)19)17-11-10-16(13-17)9-8-12-23(20-3,21-4)22-5/h13H,6-12H2,1-5H3/p+1. The molecular formula is C15H31N2O5Si+. The maximum atomic E-state index is 11.7. The van der Waals surface area contributed by atoms with Gasteiger partial charge in [-0.3, -0.25) is 4.58 Å². The van der Waals surface area contributed by atoms with Crippen molar-refractivity contribution in [3.63, 3.8) is 0 Å². The number of nitrogens with zero attached hydrogens (tertiary/aromatic N) is 2. The van der Waals surface area contributed by atoms with E-state index >= 15 is 0 Å². The predicted molar refractivity (Wildman–Crippen MR) is 89.9 cm³/mol. The molecule has 8 heteroatoms. The molecule has 1 N–H and O–H groups in total. The van der Waals surface area contributed by atoms with Gasteiger partial charge in [0.25, 0.3) is 0 Å². The van der Waals surface area contributed by atoms with Crippen LogP contribution in [0, 0.1) is 0 Å². The second kappa shape index (κ2) is 8.77. The lowest BCUT2D eigenvalue weighted by molar-refractivity contribution is -0.513. The van der Waals surface area contributed by atoms with E-state index in [4.69, 9.17) is 13.3 Å². The zero-order chi connectivity index (χ0) is 17.5. The van der Waals surface area contributed by atoms with E-state index in [2.05, 4.69) is 4.58 Å². The Kier molecular flexibility index (Phi) is 7.66. The van der Waals surface area contributed by atoms with Crippen LogP contribution in [0.5, 0.6) is 0 Å². The van der Waals surface area contributed by atoms with Crippen molar-refractivity contribution in [2.75, 3.05) is 41.0 Å². The molecule has 0 aromatic rings. The fourth-order valence-corrected chi connectivity index (χ4v) is 4.88. The molecule has 0 saturated carbocycles. The van der Waals surface area contributed by atoms with Crippen LogP contribution in [0.1, 0.15) is 33.1 Å². The van der Waals surface area contributed by atoms with E-state index in [9.17, 15) is 9.90 Å². The van der Waals surface area contributed by atoms with Gasteiger partial charge in [-0.05, 0) is 19.3 Å². The van der Waals surface area contributed by atoms with Crippen LogP contribution in [0.2, 0.25) is 6.04 Å². The first kappa shape index (κ1) is 20.1. The Labute approximate surface area is 140 Å². The van der Waals surface area contributed by atoms with Crippen molar-refractivity contribution in [3.05, 3.63) is 0 Å². The van der Waals surface area contributed by atoms with Crippen molar-refractivity contribution in [1.82, 2.24) is 4.90 Å². The summed E-state index contributed by atoms with van der Waals surface area (Å²) in [5, 5.41) is 9.62. The number of carboxylic acid groups (broad SMARTS) is 1. The first-order valence-corrected chi connectivity index (χ1v) is 10.1. The van der Waals surface area contributed by atoms with E-state index in [1.165, 1.54) is 0 Å². The minimum Gasteiger partial charge on any atom is -0.478 e. The van der Waals surface area contributed by atoms with Gasteiger partial charge in [-0.2, -0.15) is 0 Å². The van der Waals surface area contributed by atoms with E-state index < -0.39 is 20.3 Å². The van der Waals surface area contributed by atoms with Gasteiger partial charge in [0.2, 0.25) is 11.9 Å². The van der Waals surface area contributed by atoms with Crippen molar-refractivity contribution >= 4 is 21.1 Å². The Hall–Kier alpha value is -0.963. The van der Waals surface area contributed by atoms with Crippen LogP contribution in [0.3, 0.4) is 0 Å². The summed E-state index contributed by atoms with van der Waals surface area (Å²) in [6, 6.07) is 0.743. The van der Waals surface area contributed by atoms with Gasteiger partial charge in [0.05, 0.1) is 6.54 Å². The molecule has 7 nitrogen and oxygen atoms in total. The number of aliphatic carboxylic acids is 1. The van der Waals surface area contributed by atoms with Gasteiger partial charge < -0.3 is 18.4 Å². The van der Waals surface area contributed by atoms with Crippen LogP contribution in [-0.2, 0) is 18.1 Å². The minimum atomic E-state index is -2.52. The predicted octanol–water partition coefficient (Wildman–Crippen LogP) is 1.25. The van der Waals surface area contributed by atoms with Crippen molar-refractivity contribution in [2.24, 2.45) is 0 Å². The van der Waals surface area contributed by atoms with Gasteiger partial charge in [-0.1, -0.05) is 13.8 Å². The third-order valence-electron chi connectivity index (χ3n) is 4.91. The molecule has 0 radical (unpaired) electrons. The molecule has 23 heavy (non-hydrogen) atoms. The van der Waals surface area contributed by atoms with Gasteiger partial charge in [0.15, 0.2) is 0 Å². The van der Waals surface area contributed by atoms with Crippen LogP contribution in [0.15, 0.2) is 0 Å². The van der Waals surface area contributed by atoms with E-state index in [1.807, 2.05) is 25.1 Å². The maximum absolute atomic E-state index is 11.7. The Balaban J connectivity index is 2.66. The number of hydrogen-bond acceptors (Lipinski definition) is 5. The molecule has 0 atom stereocenters. The van der Waals surface area contributed by atoms with Crippen LogP contribution in [0.4, 0.5) is 0 Å². The van der Waals surface area contributed by atoms with Crippen molar-refractivity contribution < 1.29 is 27.8 Å². The molecular weight excluding hydrogens is 316 g/mol. The minimum absolute atomic E-state index is 0.593. The molecule has 1 heterocycles. The van der Waals surface area contributed by atoms with Crippen LogP contribution in [0.25, 0.3) is 0 Å².